The molecule has 0 amide bonds. The smallest absolute Gasteiger partial charge is 0.240 e. The Hall–Kier alpha value is -3.13. The van der Waals surface area contributed by atoms with Crippen LogP contribution in [0.1, 0.15) is 15.9 Å². The number of hydrogen-bond donors (Lipinski definition) is 0. The SMILES string of the molecule is O=C=Nc1ccc(C(=O)c2ccc(N=C=O)cc2)cc1. The van der Waals surface area contributed by atoms with E-state index in [9.17, 15) is 14.4 Å². The molecule has 20 heavy (non-hydrogen) atoms. The fourth-order valence-electron chi connectivity index (χ4n) is 1.65. The third-order valence-corrected chi connectivity index (χ3v) is 2.61. The first-order valence-electron chi connectivity index (χ1n) is 5.65. The number of isocyanates is 2. The van der Waals surface area contributed by atoms with Crippen molar-refractivity contribution in [2.24, 2.45) is 9.98 Å². The zero-order valence-corrected chi connectivity index (χ0v) is 10.2. The van der Waals surface area contributed by atoms with Crippen molar-refractivity contribution in [1.82, 2.24) is 0 Å². The summed E-state index contributed by atoms with van der Waals surface area (Å²) in [5.41, 5.74) is 1.82. The summed E-state index contributed by atoms with van der Waals surface area (Å²) in [5, 5.41) is 0. The molecule has 0 saturated heterocycles. The minimum absolute atomic E-state index is 0.173. The van der Waals surface area contributed by atoms with E-state index in [-0.39, 0.29) is 5.78 Å². The number of ketones is 1. The molecular weight excluding hydrogens is 256 g/mol. The predicted octanol–water partition coefficient (Wildman–Crippen LogP) is 2.85. The van der Waals surface area contributed by atoms with Crippen molar-refractivity contribution in [3.8, 4) is 0 Å². The second-order valence-electron chi connectivity index (χ2n) is 3.83. The van der Waals surface area contributed by atoms with Gasteiger partial charge in [-0.2, -0.15) is 9.98 Å². The van der Waals surface area contributed by atoms with E-state index in [4.69, 9.17) is 0 Å². The van der Waals surface area contributed by atoms with Gasteiger partial charge in [0, 0.05) is 11.1 Å². The summed E-state index contributed by atoms with van der Waals surface area (Å²) in [5.74, 6) is -0.173. The van der Waals surface area contributed by atoms with Crippen LogP contribution in [0.25, 0.3) is 0 Å². The van der Waals surface area contributed by atoms with Crippen molar-refractivity contribution in [3.05, 3.63) is 59.7 Å². The zero-order valence-electron chi connectivity index (χ0n) is 10.2. The minimum atomic E-state index is -0.173. The number of carbonyl (C=O) groups excluding carboxylic acids is 3. The highest BCUT2D eigenvalue weighted by Crippen LogP contribution is 2.18. The van der Waals surface area contributed by atoms with Gasteiger partial charge in [-0.3, -0.25) is 4.79 Å². The van der Waals surface area contributed by atoms with E-state index in [0.29, 0.717) is 22.5 Å². The highest BCUT2D eigenvalue weighted by atomic mass is 16.1. The lowest BCUT2D eigenvalue weighted by Crippen LogP contribution is -2.00. The molecule has 0 aliphatic carbocycles. The van der Waals surface area contributed by atoms with E-state index in [2.05, 4.69) is 9.98 Å². The summed E-state index contributed by atoms with van der Waals surface area (Å²) >= 11 is 0. The first-order chi connectivity index (χ1) is 9.74. The van der Waals surface area contributed by atoms with Gasteiger partial charge in [0.1, 0.15) is 0 Å². The number of nitrogens with zero attached hydrogens (tertiary/aromatic N) is 2. The highest BCUT2D eigenvalue weighted by molar-refractivity contribution is 6.09. The van der Waals surface area contributed by atoms with E-state index in [1.54, 1.807) is 48.5 Å². The molecule has 0 aromatic heterocycles. The van der Waals surface area contributed by atoms with Crippen LogP contribution >= 0.6 is 0 Å². The number of aliphatic imine (C=N–C) groups is 2. The van der Waals surface area contributed by atoms with Crippen LogP contribution < -0.4 is 0 Å². The Morgan fingerprint density at radius 1 is 0.700 bits per heavy atom. The van der Waals surface area contributed by atoms with Crippen LogP contribution in [0.5, 0.6) is 0 Å². The normalized spacial score (nSPS) is 9.20. The van der Waals surface area contributed by atoms with Crippen LogP contribution in [0, 0.1) is 0 Å². The molecule has 0 unspecified atom stereocenters. The molecule has 0 atom stereocenters. The van der Waals surface area contributed by atoms with Gasteiger partial charge in [-0.05, 0) is 48.5 Å². The molecule has 0 aliphatic rings. The van der Waals surface area contributed by atoms with E-state index < -0.39 is 0 Å². The Labute approximate surface area is 114 Å². The second-order valence-corrected chi connectivity index (χ2v) is 3.83. The standard InChI is InChI=1S/C15H8N2O3/c18-9-16-13-5-1-11(2-6-13)15(20)12-3-7-14(8-4-12)17-10-19/h1-8H. The lowest BCUT2D eigenvalue weighted by atomic mass is 10.0. The van der Waals surface area contributed by atoms with Crippen LogP contribution in [-0.4, -0.2) is 17.9 Å². The summed E-state index contributed by atoms with van der Waals surface area (Å²) in [4.78, 5) is 39.3. The summed E-state index contributed by atoms with van der Waals surface area (Å²) in [6.07, 6.45) is 2.86. The Morgan fingerprint density at radius 2 is 1.05 bits per heavy atom. The fourth-order valence-corrected chi connectivity index (χ4v) is 1.65. The number of carbonyl (C=O) groups is 1. The van der Waals surface area contributed by atoms with Crippen LogP contribution in [0.2, 0.25) is 0 Å². The van der Waals surface area contributed by atoms with Gasteiger partial charge in [-0.15, -0.1) is 0 Å². The highest BCUT2D eigenvalue weighted by Gasteiger charge is 2.08. The quantitative estimate of drug-likeness (QED) is 0.484. The van der Waals surface area contributed by atoms with Crippen LogP contribution in [0.15, 0.2) is 58.5 Å². The summed E-state index contributed by atoms with van der Waals surface area (Å²) in [6.45, 7) is 0. The predicted molar refractivity (Wildman–Crippen MR) is 71.9 cm³/mol. The van der Waals surface area contributed by atoms with Gasteiger partial charge in [0.15, 0.2) is 5.78 Å². The van der Waals surface area contributed by atoms with Gasteiger partial charge in [0.2, 0.25) is 12.2 Å². The largest absolute Gasteiger partial charge is 0.289 e. The second kappa shape index (κ2) is 6.16. The molecule has 0 fully saturated rings. The molecule has 96 valence electrons. The van der Waals surface area contributed by atoms with Crippen molar-refractivity contribution >= 4 is 29.3 Å². The topological polar surface area (TPSA) is 75.9 Å². The molecule has 0 radical (unpaired) electrons. The average Bonchev–Trinajstić information content (AvgIpc) is 2.49. The summed E-state index contributed by atoms with van der Waals surface area (Å²) in [6, 6.07) is 12.6. The Morgan fingerprint density at radius 3 is 1.35 bits per heavy atom. The number of rotatable bonds is 4. The lowest BCUT2D eigenvalue weighted by molar-refractivity contribution is 0.103. The van der Waals surface area contributed by atoms with Crippen LogP contribution in [0.3, 0.4) is 0 Å². The van der Waals surface area contributed by atoms with Crippen molar-refractivity contribution in [2.45, 2.75) is 0 Å². The van der Waals surface area contributed by atoms with Gasteiger partial charge < -0.3 is 0 Å². The number of benzene rings is 2. The molecule has 2 aromatic carbocycles. The maximum Gasteiger partial charge on any atom is 0.240 e. The van der Waals surface area contributed by atoms with Crippen molar-refractivity contribution < 1.29 is 14.4 Å². The maximum atomic E-state index is 12.2. The summed E-state index contributed by atoms with van der Waals surface area (Å²) in [7, 11) is 0. The van der Waals surface area contributed by atoms with Gasteiger partial charge >= 0.3 is 0 Å². The molecular formula is C15H8N2O3. The van der Waals surface area contributed by atoms with Gasteiger partial charge in [-0.1, -0.05) is 0 Å². The van der Waals surface area contributed by atoms with E-state index in [0.717, 1.165) is 0 Å². The van der Waals surface area contributed by atoms with E-state index in [1.165, 1.54) is 12.2 Å². The molecule has 5 heteroatoms. The van der Waals surface area contributed by atoms with Crippen LogP contribution in [-0.2, 0) is 9.59 Å². The van der Waals surface area contributed by atoms with Gasteiger partial charge in [0.05, 0.1) is 11.4 Å². The number of hydrogen-bond acceptors (Lipinski definition) is 5. The molecule has 0 spiro atoms. The molecule has 2 rings (SSSR count). The maximum absolute atomic E-state index is 12.2. The Kier molecular flexibility index (Phi) is 4.10. The fraction of sp³-hybridized carbons (Fsp3) is 0. The van der Waals surface area contributed by atoms with Gasteiger partial charge in [0.25, 0.3) is 0 Å². The summed E-state index contributed by atoms with van der Waals surface area (Å²) < 4.78 is 0. The monoisotopic (exact) mass is 264 g/mol. The molecule has 0 aliphatic heterocycles. The third-order valence-electron chi connectivity index (χ3n) is 2.61. The molecule has 0 saturated carbocycles. The molecule has 0 N–H and O–H groups in total. The zero-order chi connectivity index (χ0) is 14.4. The van der Waals surface area contributed by atoms with E-state index >= 15 is 0 Å². The van der Waals surface area contributed by atoms with Crippen molar-refractivity contribution in [3.63, 3.8) is 0 Å². The third kappa shape index (κ3) is 3.00. The Balaban J connectivity index is 2.26. The lowest BCUT2D eigenvalue weighted by Gasteiger charge is -2.01. The molecule has 2 aromatic rings. The molecule has 0 heterocycles. The Bertz CT molecular complexity index is 657. The van der Waals surface area contributed by atoms with Gasteiger partial charge in [-0.25, -0.2) is 9.59 Å². The van der Waals surface area contributed by atoms with E-state index in [1.807, 2.05) is 0 Å². The average molecular weight is 264 g/mol. The van der Waals surface area contributed by atoms with Crippen LogP contribution in [0.4, 0.5) is 11.4 Å². The first-order valence-corrected chi connectivity index (χ1v) is 5.65. The van der Waals surface area contributed by atoms with Crippen molar-refractivity contribution in [1.29, 1.82) is 0 Å². The molecule has 0 bridgehead atoms. The minimum Gasteiger partial charge on any atom is -0.289 e. The van der Waals surface area contributed by atoms with Crippen molar-refractivity contribution in [2.75, 3.05) is 0 Å². The first kappa shape index (κ1) is 13.3. The molecule has 5 nitrogen and oxygen atoms in total.